The van der Waals surface area contributed by atoms with Crippen LogP contribution in [0, 0.1) is 5.92 Å². The predicted octanol–water partition coefficient (Wildman–Crippen LogP) is 0.260. The van der Waals surface area contributed by atoms with Gasteiger partial charge in [-0.05, 0) is 32.7 Å². The van der Waals surface area contributed by atoms with Gasteiger partial charge in [-0.1, -0.05) is 0 Å². The number of carbonyl (C=O) groups excluding carboxylic acids is 2. The summed E-state index contributed by atoms with van der Waals surface area (Å²) in [5.74, 6) is -0.398. The first kappa shape index (κ1) is 16.2. The van der Waals surface area contributed by atoms with Gasteiger partial charge in [-0.3, -0.25) is 9.59 Å². The fraction of sp³-hybridized carbons (Fsp3) is 0.818. The molecule has 0 aromatic heterocycles. The topological polar surface area (TPSA) is 89.4 Å². The molecular weight excluding hydrogens is 242 g/mol. The molecule has 2 unspecified atom stereocenters. The van der Waals surface area contributed by atoms with Gasteiger partial charge >= 0.3 is 0 Å². The monoisotopic (exact) mass is 263 g/mol. The Bertz CT molecular complexity index is 273. The summed E-state index contributed by atoms with van der Waals surface area (Å²) >= 11 is 0. The number of rotatable bonds is 4. The third kappa shape index (κ3) is 4.52. The SMILES string of the molecule is CC1CCC(C(N)=O)CN1C(=O)CCCN.Cl. The molecule has 0 bridgehead atoms. The van der Waals surface area contributed by atoms with Crippen LogP contribution in [0.15, 0.2) is 0 Å². The molecule has 5 nitrogen and oxygen atoms in total. The van der Waals surface area contributed by atoms with E-state index in [0.29, 0.717) is 25.9 Å². The highest BCUT2D eigenvalue weighted by atomic mass is 35.5. The highest BCUT2D eigenvalue weighted by molar-refractivity contribution is 5.85. The normalized spacial score (nSPS) is 24.0. The summed E-state index contributed by atoms with van der Waals surface area (Å²) in [6.07, 6.45) is 2.80. The largest absolute Gasteiger partial charge is 0.369 e. The zero-order valence-electron chi connectivity index (χ0n) is 10.2. The Labute approximate surface area is 108 Å². The third-order valence-electron chi connectivity index (χ3n) is 3.20. The number of hydrogen-bond acceptors (Lipinski definition) is 3. The van der Waals surface area contributed by atoms with Crippen LogP contribution < -0.4 is 11.5 Å². The van der Waals surface area contributed by atoms with Crippen LogP contribution in [0.25, 0.3) is 0 Å². The van der Waals surface area contributed by atoms with Crippen molar-refractivity contribution >= 4 is 24.2 Å². The third-order valence-corrected chi connectivity index (χ3v) is 3.20. The molecule has 0 aromatic rings. The number of nitrogens with zero attached hydrogens (tertiary/aromatic N) is 1. The fourth-order valence-corrected chi connectivity index (χ4v) is 2.08. The molecule has 1 heterocycles. The second kappa shape index (κ2) is 7.50. The molecular formula is C11H22ClN3O2. The van der Waals surface area contributed by atoms with E-state index in [1.165, 1.54) is 0 Å². The average molecular weight is 264 g/mol. The number of halogens is 1. The quantitative estimate of drug-likeness (QED) is 0.762. The molecule has 1 rings (SSSR count). The van der Waals surface area contributed by atoms with Gasteiger partial charge in [0.05, 0.1) is 5.92 Å². The zero-order chi connectivity index (χ0) is 12.1. The summed E-state index contributed by atoms with van der Waals surface area (Å²) in [6.45, 7) is 3.00. The van der Waals surface area contributed by atoms with Gasteiger partial charge in [0.2, 0.25) is 11.8 Å². The second-order valence-corrected chi connectivity index (χ2v) is 4.46. The minimum Gasteiger partial charge on any atom is -0.369 e. The molecule has 0 saturated carbocycles. The maximum atomic E-state index is 11.9. The number of amides is 2. The Morgan fingerprint density at radius 3 is 2.53 bits per heavy atom. The fourth-order valence-electron chi connectivity index (χ4n) is 2.08. The van der Waals surface area contributed by atoms with Gasteiger partial charge in [0, 0.05) is 19.0 Å². The molecule has 100 valence electrons. The molecule has 1 saturated heterocycles. The molecule has 2 amide bonds. The first-order chi connectivity index (χ1) is 7.56. The summed E-state index contributed by atoms with van der Waals surface area (Å²) < 4.78 is 0. The van der Waals surface area contributed by atoms with Crippen molar-refractivity contribution in [2.45, 2.75) is 38.6 Å². The van der Waals surface area contributed by atoms with Gasteiger partial charge in [-0.15, -0.1) is 12.4 Å². The van der Waals surface area contributed by atoms with E-state index < -0.39 is 0 Å². The first-order valence-corrected chi connectivity index (χ1v) is 5.85. The highest BCUT2D eigenvalue weighted by Gasteiger charge is 2.30. The first-order valence-electron chi connectivity index (χ1n) is 5.85. The Balaban J connectivity index is 0.00000256. The Morgan fingerprint density at radius 2 is 2.00 bits per heavy atom. The number of piperidine rings is 1. The maximum Gasteiger partial charge on any atom is 0.222 e. The number of hydrogen-bond donors (Lipinski definition) is 2. The summed E-state index contributed by atoms with van der Waals surface area (Å²) in [6, 6.07) is 0.209. The minimum absolute atomic E-state index is 0. The lowest BCUT2D eigenvalue weighted by atomic mass is 9.92. The van der Waals surface area contributed by atoms with E-state index in [-0.39, 0.29) is 36.2 Å². The minimum atomic E-state index is -0.302. The lowest BCUT2D eigenvalue weighted by molar-refractivity contribution is -0.137. The van der Waals surface area contributed by atoms with E-state index in [1.54, 1.807) is 4.90 Å². The number of nitrogens with two attached hydrogens (primary N) is 2. The van der Waals surface area contributed by atoms with Gasteiger partial charge in [-0.25, -0.2) is 0 Å². The molecule has 6 heteroatoms. The predicted molar refractivity (Wildman–Crippen MR) is 68.6 cm³/mol. The number of likely N-dealkylation sites (tertiary alicyclic amines) is 1. The van der Waals surface area contributed by atoms with E-state index in [1.807, 2.05) is 6.92 Å². The van der Waals surface area contributed by atoms with Crippen LogP contribution in [0.5, 0.6) is 0 Å². The van der Waals surface area contributed by atoms with Crippen LogP contribution in [0.3, 0.4) is 0 Å². The van der Waals surface area contributed by atoms with Crippen LogP contribution in [0.1, 0.15) is 32.6 Å². The molecule has 17 heavy (non-hydrogen) atoms. The van der Waals surface area contributed by atoms with Crippen molar-refractivity contribution in [3.05, 3.63) is 0 Å². The van der Waals surface area contributed by atoms with Gasteiger partial charge in [0.1, 0.15) is 0 Å². The smallest absolute Gasteiger partial charge is 0.222 e. The Kier molecular flexibility index (Phi) is 7.15. The summed E-state index contributed by atoms with van der Waals surface area (Å²) in [7, 11) is 0. The van der Waals surface area contributed by atoms with Crippen molar-refractivity contribution in [3.8, 4) is 0 Å². The molecule has 0 aliphatic carbocycles. The van der Waals surface area contributed by atoms with Gasteiger partial charge < -0.3 is 16.4 Å². The average Bonchev–Trinajstić information content (AvgIpc) is 2.26. The van der Waals surface area contributed by atoms with E-state index in [4.69, 9.17) is 11.5 Å². The van der Waals surface area contributed by atoms with Gasteiger partial charge in [0.15, 0.2) is 0 Å². The molecule has 4 N–H and O–H groups in total. The number of primary amides is 1. The van der Waals surface area contributed by atoms with E-state index in [0.717, 1.165) is 12.8 Å². The molecule has 1 aliphatic rings. The van der Waals surface area contributed by atoms with Crippen molar-refractivity contribution in [2.24, 2.45) is 17.4 Å². The van der Waals surface area contributed by atoms with Crippen molar-refractivity contribution in [1.82, 2.24) is 4.90 Å². The Hall–Kier alpha value is -0.810. The van der Waals surface area contributed by atoms with E-state index >= 15 is 0 Å². The zero-order valence-corrected chi connectivity index (χ0v) is 11.0. The molecule has 2 atom stereocenters. The Morgan fingerprint density at radius 1 is 1.35 bits per heavy atom. The van der Waals surface area contributed by atoms with Crippen LogP contribution in [-0.2, 0) is 9.59 Å². The standard InChI is InChI=1S/C11H21N3O2.ClH/c1-8-4-5-9(11(13)16)7-14(8)10(15)3-2-6-12;/h8-9H,2-7,12H2,1H3,(H2,13,16);1H. The lowest BCUT2D eigenvalue weighted by Crippen LogP contribution is -2.48. The number of carbonyl (C=O) groups is 2. The molecule has 0 spiro atoms. The van der Waals surface area contributed by atoms with Crippen LogP contribution in [0.2, 0.25) is 0 Å². The van der Waals surface area contributed by atoms with E-state index in [9.17, 15) is 9.59 Å². The highest BCUT2D eigenvalue weighted by Crippen LogP contribution is 2.22. The summed E-state index contributed by atoms with van der Waals surface area (Å²) in [5, 5.41) is 0. The van der Waals surface area contributed by atoms with Crippen molar-refractivity contribution in [1.29, 1.82) is 0 Å². The molecule has 0 radical (unpaired) electrons. The van der Waals surface area contributed by atoms with Crippen molar-refractivity contribution in [3.63, 3.8) is 0 Å². The van der Waals surface area contributed by atoms with Crippen molar-refractivity contribution in [2.75, 3.05) is 13.1 Å². The second-order valence-electron chi connectivity index (χ2n) is 4.46. The van der Waals surface area contributed by atoms with E-state index in [2.05, 4.69) is 0 Å². The van der Waals surface area contributed by atoms with Crippen molar-refractivity contribution < 1.29 is 9.59 Å². The molecule has 0 aromatic carbocycles. The molecule has 1 fully saturated rings. The van der Waals surface area contributed by atoms with Gasteiger partial charge in [0.25, 0.3) is 0 Å². The van der Waals surface area contributed by atoms with Crippen LogP contribution >= 0.6 is 12.4 Å². The van der Waals surface area contributed by atoms with Gasteiger partial charge in [-0.2, -0.15) is 0 Å². The molecule has 1 aliphatic heterocycles. The summed E-state index contributed by atoms with van der Waals surface area (Å²) in [5.41, 5.74) is 10.6. The summed E-state index contributed by atoms with van der Waals surface area (Å²) in [4.78, 5) is 24.7. The lowest BCUT2D eigenvalue weighted by Gasteiger charge is -2.37. The van der Waals surface area contributed by atoms with Crippen LogP contribution in [0.4, 0.5) is 0 Å². The maximum absolute atomic E-state index is 11.9. The van der Waals surface area contributed by atoms with Crippen LogP contribution in [-0.4, -0.2) is 35.8 Å².